The van der Waals surface area contributed by atoms with Crippen LogP contribution >= 0.6 is 0 Å². The van der Waals surface area contributed by atoms with Gasteiger partial charge in [0.05, 0.1) is 12.5 Å². The number of urea groups is 1. The maximum atomic E-state index is 12.8. The average molecular weight is 323 g/mol. The van der Waals surface area contributed by atoms with Crippen molar-refractivity contribution in [1.82, 2.24) is 9.80 Å². The van der Waals surface area contributed by atoms with Crippen molar-refractivity contribution >= 4 is 11.9 Å². The number of piperidine rings is 1. The SMILES string of the molecule is CN(CCOc1ccc(F)cc1)C(=O)C1CCCN(C(N)=O)C1. The lowest BCUT2D eigenvalue weighted by molar-refractivity contribution is -0.135. The first-order valence-corrected chi connectivity index (χ1v) is 7.65. The predicted molar refractivity (Wildman–Crippen MR) is 83.4 cm³/mol. The lowest BCUT2D eigenvalue weighted by Gasteiger charge is -2.32. The molecule has 1 unspecified atom stereocenters. The molecule has 1 saturated heterocycles. The van der Waals surface area contributed by atoms with E-state index in [1.165, 1.54) is 17.0 Å². The van der Waals surface area contributed by atoms with Gasteiger partial charge in [0.15, 0.2) is 0 Å². The number of primary amides is 1. The Bertz CT molecular complexity index is 550. The molecule has 1 aromatic carbocycles. The number of hydrogen-bond donors (Lipinski definition) is 1. The van der Waals surface area contributed by atoms with Gasteiger partial charge in [-0.05, 0) is 37.1 Å². The third-order valence-electron chi connectivity index (χ3n) is 3.97. The van der Waals surface area contributed by atoms with E-state index in [1.54, 1.807) is 24.1 Å². The number of nitrogens with two attached hydrogens (primary N) is 1. The Labute approximate surface area is 135 Å². The lowest BCUT2D eigenvalue weighted by Crippen LogP contribution is -2.48. The Balaban J connectivity index is 1.78. The molecule has 0 bridgehead atoms. The number of carbonyl (C=O) groups is 2. The van der Waals surface area contributed by atoms with E-state index < -0.39 is 6.03 Å². The zero-order valence-corrected chi connectivity index (χ0v) is 13.2. The number of nitrogens with zero attached hydrogens (tertiary/aromatic N) is 2. The van der Waals surface area contributed by atoms with Gasteiger partial charge in [-0.1, -0.05) is 0 Å². The van der Waals surface area contributed by atoms with Crippen molar-refractivity contribution in [3.05, 3.63) is 30.1 Å². The Kier molecular flexibility index (Phi) is 5.78. The van der Waals surface area contributed by atoms with Crippen LogP contribution in [0.15, 0.2) is 24.3 Å². The quantitative estimate of drug-likeness (QED) is 0.891. The molecule has 2 rings (SSSR count). The second-order valence-electron chi connectivity index (χ2n) is 5.69. The third-order valence-corrected chi connectivity index (χ3v) is 3.97. The third kappa shape index (κ3) is 4.84. The average Bonchev–Trinajstić information content (AvgIpc) is 2.56. The van der Waals surface area contributed by atoms with E-state index >= 15 is 0 Å². The fraction of sp³-hybridized carbons (Fsp3) is 0.500. The molecule has 1 aromatic rings. The zero-order chi connectivity index (χ0) is 16.8. The standard InChI is InChI=1S/C16H22FN3O3/c1-19(9-10-23-14-6-4-13(17)5-7-14)15(21)12-3-2-8-20(11-12)16(18)22/h4-7,12H,2-3,8-11H2,1H3,(H2,18,22). The smallest absolute Gasteiger partial charge is 0.314 e. The molecule has 1 aliphatic heterocycles. The Hall–Kier alpha value is -2.31. The van der Waals surface area contributed by atoms with Gasteiger partial charge in [-0.15, -0.1) is 0 Å². The molecule has 0 aliphatic carbocycles. The first-order valence-electron chi connectivity index (χ1n) is 7.65. The summed E-state index contributed by atoms with van der Waals surface area (Å²) >= 11 is 0. The van der Waals surface area contributed by atoms with Gasteiger partial charge in [0.2, 0.25) is 5.91 Å². The molecular formula is C16H22FN3O3. The molecule has 23 heavy (non-hydrogen) atoms. The van der Waals surface area contributed by atoms with E-state index in [4.69, 9.17) is 10.5 Å². The molecule has 7 heteroatoms. The van der Waals surface area contributed by atoms with Crippen molar-refractivity contribution in [2.24, 2.45) is 11.7 Å². The van der Waals surface area contributed by atoms with Crippen LogP contribution in [0.2, 0.25) is 0 Å². The summed E-state index contributed by atoms with van der Waals surface area (Å²) in [6.45, 7) is 1.72. The van der Waals surface area contributed by atoms with Crippen LogP contribution in [0, 0.1) is 11.7 Å². The molecule has 3 amide bonds. The van der Waals surface area contributed by atoms with Crippen LogP contribution in [0.1, 0.15) is 12.8 Å². The topological polar surface area (TPSA) is 75.9 Å². The largest absolute Gasteiger partial charge is 0.492 e. The van der Waals surface area contributed by atoms with Gasteiger partial charge in [-0.3, -0.25) is 4.79 Å². The van der Waals surface area contributed by atoms with Crippen LogP contribution in [-0.2, 0) is 4.79 Å². The van der Waals surface area contributed by atoms with Crippen molar-refractivity contribution in [2.75, 3.05) is 33.3 Å². The Morgan fingerprint density at radius 1 is 1.39 bits per heavy atom. The number of carbonyl (C=O) groups excluding carboxylic acids is 2. The van der Waals surface area contributed by atoms with Crippen LogP contribution in [0.4, 0.5) is 9.18 Å². The highest BCUT2D eigenvalue weighted by molar-refractivity contribution is 5.80. The Morgan fingerprint density at radius 3 is 2.74 bits per heavy atom. The molecular weight excluding hydrogens is 301 g/mol. The van der Waals surface area contributed by atoms with Crippen molar-refractivity contribution in [3.8, 4) is 5.75 Å². The number of benzene rings is 1. The maximum Gasteiger partial charge on any atom is 0.314 e. The van der Waals surface area contributed by atoms with Crippen LogP contribution in [0.5, 0.6) is 5.75 Å². The van der Waals surface area contributed by atoms with E-state index in [0.717, 1.165) is 12.8 Å². The molecule has 0 saturated carbocycles. The van der Waals surface area contributed by atoms with Crippen LogP contribution in [0.25, 0.3) is 0 Å². The van der Waals surface area contributed by atoms with Gasteiger partial charge in [0, 0.05) is 20.1 Å². The number of likely N-dealkylation sites (tertiary alicyclic amines) is 1. The second-order valence-corrected chi connectivity index (χ2v) is 5.69. The van der Waals surface area contributed by atoms with E-state index in [9.17, 15) is 14.0 Å². The summed E-state index contributed by atoms with van der Waals surface area (Å²) in [4.78, 5) is 26.7. The summed E-state index contributed by atoms with van der Waals surface area (Å²) in [7, 11) is 1.71. The van der Waals surface area contributed by atoms with E-state index in [1.807, 2.05) is 0 Å². The lowest BCUT2D eigenvalue weighted by atomic mass is 9.97. The van der Waals surface area contributed by atoms with Gasteiger partial charge in [-0.2, -0.15) is 0 Å². The fourth-order valence-electron chi connectivity index (χ4n) is 2.63. The molecule has 1 fully saturated rings. The zero-order valence-electron chi connectivity index (χ0n) is 13.2. The highest BCUT2D eigenvalue weighted by atomic mass is 19.1. The van der Waals surface area contributed by atoms with Gasteiger partial charge in [-0.25, -0.2) is 9.18 Å². The molecule has 1 heterocycles. The maximum absolute atomic E-state index is 12.8. The van der Waals surface area contributed by atoms with E-state index in [2.05, 4.69) is 0 Å². The predicted octanol–water partition coefficient (Wildman–Crippen LogP) is 1.45. The number of halogens is 1. The van der Waals surface area contributed by atoms with Crippen LogP contribution in [0.3, 0.4) is 0 Å². The molecule has 6 nitrogen and oxygen atoms in total. The fourth-order valence-corrected chi connectivity index (χ4v) is 2.63. The summed E-state index contributed by atoms with van der Waals surface area (Å²) in [6.07, 6.45) is 1.53. The number of amides is 3. The van der Waals surface area contributed by atoms with Gasteiger partial charge >= 0.3 is 6.03 Å². The monoisotopic (exact) mass is 323 g/mol. The number of ether oxygens (including phenoxy) is 1. The Morgan fingerprint density at radius 2 is 2.09 bits per heavy atom. The molecule has 1 aliphatic rings. The van der Waals surface area contributed by atoms with Crippen molar-refractivity contribution in [3.63, 3.8) is 0 Å². The molecule has 0 aromatic heterocycles. The van der Waals surface area contributed by atoms with Crippen LogP contribution in [-0.4, -0.2) is 55.0 Å². The van der Waals surface area contributed by atoms with Gasteiger partial charge in [0.1, 0.15) is 18.2 Å². The summed E-state index contributed by atoms with van der Waals surface area (Å²) in [5.74, 6) is 0.0106. The van der Waals surface area contributed by atoms with E-state index in [-0.39, 0.29) is 17.6 Å². The minimum absolute atomic E-state index is 0.0151. The molecule has 1 atom stereocenters. The first-order chi connectivity index (χ1) is 11.0. The highest BCUT2D eigenvalue weighted by Gasteiger charge is 2.29. The first kappa shape index (κ1) is 17.1. The summed E-state index contributed by atoms with van der Waals surface area (Å²) < 4.78 is 18.3. The minimum atomic E-state index is -0.482. The number of rotatable bonds is 5. The molecule has 0 radical (unpaired) electrons. The molecule has 0 spiro atoms. The summed E-state index contributed by atoms with van der Waals surface area (Å²) in [6, 6.07) is 5.26. The molecule has 2 N–H and O–H groups in total. The number of hydrogen-bond acceptors (Lipinski definition) is 3. The normalized spacial score (nSPS) is 17.7. The highest BCUT2D eigenvalue weighted by Crippen LogP contribution is 2.18. The summed E-state index contributed by atoms with van der Waals surface area (Å²) in [5, 5.41) is 0. The van der Waals surface area contributed by atoms with Crippen molar-refractivity contribution in [1.29, 1.82) is 0 Å². The van der Waals surface area contributed by atoms with Crippen LogP contribution < -0.4 is 10.5 Å². The van der Waals surface area contributed by atoms with E-state index in [0.29, 0.717) is 32.0 Å². The van der Waals surface area contributed by atoms with Gasteiger partial charge < -0.3 is 20.3 Å². The molecule has 126 valence electrons. The summed E-state index contributed by atoms with van der Waals surface area (Å²) in [5.41, 5.74) is 5.28. The van der Waals surface area contributed by atoms with Crippen molar-refractivity contribution < 1.29 is 18.7 Å². The minimum Gasteiger partial charge on any atom is -0.492 e. The number of likely N-dealkylation sites (N-methyl/N-ethyl adjacent to an activating group) is 1. The second kappa shape index (κ2) is 7.80. The van der Waals surface area contributed by atoms with Crippen molar-refractivity contribution in [2.45, 2.75) is 12.8 Å². The van der Waals surface area contributed by atoms with Gasteiger partial charge in [0.25, 0.3) is 0 Å².